The minimum Gasteiger partial charge on any atom is -0.508 e. The van der Waals surface area contributed by atoms with Crippen LogP contribution in [0.4, 0.5) is 0 Å². The summed E-state index contributed by atoms with van der Waals surface area (Å²) < 4.78 is 0. The number of aromatic hydroxyl groups is 1. The number of hydrogen-bond donors (Lipinski definition) is 6. The van der Waals surface area contributed by atoms with Crippen molar-refractivity contribution in [2.75, 3.05) is 6.54 Å². The molecule has 0 aliphatic rings. The second-order valence-corrected chi connectivity index (χ2v) is 4.44. The minimum atomic E-state index is -2.08. The van der Waals surface area contributed by atoms with E-state index in [0.717, 1.165) is 0 Å². The Morgan fingerprint density at radius 3 is 2.23 bits per heavy atom. The van der Waals surface area contributed by atoms with E-state index in [9.17, 15) is 19.5 Å². The number of phenolic OH excluding ortho intramolecular Hbond substituents is 1. The quantitative estimate of drug-likeness (QED) is 0.314. The summed E-state index contributed by atoms with van der Waals surface area (Å²) in [5.74, 6) is -3.06. The number of nitrogens with one attached hydrogen (secondary N) is 2. The molecule has 0 fully saturated rings. The maximum atomic E-state index is 11.9. The highest BCUT2D eigenvalue weighted by Gasteiger charge is 2.25. The third-order valence-electron chi connectivity index (χ3n) is 2.73. The van der Waals surface area contributed by atoms with Crippen LogP contribution in [-0.4, -0.2) is 51.9 Å². The molecule has 0 aliphatic carbocycles. The molecule has 0 radical (unpaired) electrons. The molecular formula is C13H17N3O6. The lowest BCUT2D eigenvalue weighted by Crippen LogP contribution is -2.53. The summed E-state index contributed by atoms with van der Waals surface area (Å²) in [6.07, 6.45) is -2.05. The predicted molar refractivity (Wildman–Crippen MR) is 74.6 cm³/mol. The van der Waals surface area contributed by atoms with Crippen LogP contribution in [0.2, 0.25) is 0 Å². The summed E-state index contributed by atoms with van der Waals surface area (Å²) in [7, 11) is 0. The van der Waals surface area contributed by atoms with Gasteiger partial charge in [0, 0.05) is 6.42 Å². The first kappa shape index (κ1) is 17.4. The van der Waals surface area contributed by atoms with Gasteiger partial charge in [-0.1, -0.05) is 12.1 Å². The van der Waals surface area contributed by atoms with Crippen molar-refractivity contribution in [2.24, 2.45) is 5.73 Å². The van der Waals surface area contributed by atoms with Gasteiger partial charge in [-0.3, -0.25) is 9.59 Å². The Kier molecular flexibility index (Phi) is 6.29. The summed E-state index contributed by atoms with van der Waals surface area (Å²) in [6.45, 7) is -0.346. The molecule has 1 unspecified atom stereocenters. The number of carbonyl (C=O) groups excluding carboxylic acids is 2. The summed E-state index contributed by atoms with van der Waals surface area (Å²) in [4.78, 5) is 33.8. The van der Waals surface area contributed by atoms with Gasteiger partial charge in [0.05, 0.1) is 6.54 Å². The Morgan fingerprint density at radius 2 is 1.73 bits per heavy atom. The number of hydrogen-bond acceptors (Lipinski definition) is 6. The number of nitrogens with two attached hydrogens (primary N) is 1. The lowest BCUT2D eigenvalue weighted by atomic mass is 10.0. The molecule has 1 aromatic carbocycles. The average Bonchev–Trinajstić information content (AvgIpc) is 2.48. The fourth-order valence-corrected chi connectivity index (χ4v) is 1.63. The van der Waals surface area contributed by atoms with E-state index in [1.54, 1.807) is 0 Å². The van der Waals surface area contributed by atoms with Gasteiger partial charge in [0.15, 0.2) is 0 Å². The molecule has 2 amide bonds. The second kappa shape index (κ2) is 7.96. The summed E-state index contributed by atoms with van der Waals surface area (Å²) in [5.41, 5.74) is 5.77. The van der Waals surface area contributed by atoms with Gasteiger partial charge in [-0.05, 0) is 17.7 Å². The zero-order chi connectivity index (χ0) is 16.7. The van der Waals surface area contributed by atoms with Gasteiger partial charge >= 0.3 is 5.97 Å². The van der Waals surface area contributed by atoms with E-state index < -0.39 is 30.1 Å². The zero-order valence-corrected chi connectivity index (χ0v) is 11.5. The van der Waals surface area contributed by atoms with Crippen molar-refractivity contribution < 1.29 is 29.7 Å². The third kappa shape index (κ3) is 5.38. The lowest BCUT2D eigenvalue weighted by molar-refractivity contribution is -0.151. The van der Waals surface area contributed by atoms with E-state index in [4.69, 9.17) is 15.9 Å². The Labute approximate surface area is 125 Å². The SMILES string of the molecule is NCC(=O)N[C@@H](Cc1ccc(O)cc1)C(=O)NC(O)C(=O)O. The Hall–Kier alpha value is -2.65. The number of aliphatic carboxylic acids is 1. The molecular weight excluding hydrogens is 294 g/mol. The van der Waals surface area contributed by atoms with Crippen molar-refractivity contribution in [1.29, 1.82) is 0 Å². The molecule has 22 heavy (non-hydrogen) atoms. The number of phenols is 1. The first-order chi connectivity index (χ1) is 10.3. The van der Waals surface area contributed by atoms with Crippen molar-refractivity contribution in [2.45, 2.75) is 18.7 Å². The molecule has 0 aliphatic heterocycles. The van der Waals surface area contributed by atoms with E-state index in [1.165, 1.54) is 24.3 Å². The van der Waals surface area contributed by atoms with Gasteiger partial charge < -0.3 is 31.7 Å². The monoisotopic (exact) mass is 311 g/mol. The first-order valence-corrected chi connectivity index (χ1v) is 6.32. The van der Waals surface area contributed by atoms with Crippen molar-refractivity contribution >= 4 is 17.8 Å². The van der Waals surface area contributed by atoms with Gasteiger partial charge in [-0.2, -0.15) is 0 Å². The van der Waals surface area contributed by atoms with Crippen LogP contribution in [0.15, 0.2) is 24.3 Å². The molecule has 0 saturated heterocycles. The zero-order valence-electron chi connectivity index (χ0n) is 11.5. The lowest BCUT2D eigenvalue weighted by Gasteiger charge is -2.19. The van der Waals surface area contributed by atoms with Crippen LogP contribution in [-0.2, 0) is 20.8 Å². The maximum absolute atomic E-state index is 11.9. The van der Waals surface area contributed by atoms with Crippen LogP contribution < -0.4 is 16.4 Å². The molecule has 0 bridgehead atoms. The van der Waals surface area contributed by atoms with E-state index in [-0.39, 0.29) is 18.7 Å². The molecule has 7 N–H and O–H groups in total. The smallest absolute Gasteiger partial charge is 0.353 e. The molecule has 120 valence electrons. The van der Waals surface area contributed by atoms with Crippen LogP contribution in [0.5, 0.6) is 5.75 Å². The molecule has 1 aromatic rings. The third-order valence-corrected chi connectivity index (χ3v) is 2.73. The average molecular weight is 311 g/mol. The van der Waals surface area contributed by atoms with E-state index in [1.807, 2.05) is 5.32 Å². The molecule has 2 atom stereocenters. The summed E-state index contributed by atoms with van der Waals surface area (Å²) >= 11 is 0. The van der Waals surface area contributed by atoms with Crippen LogP contribution in [0, 0.1) is 0 Å². The topological polar surface area (TPSA) is 162 Å². The predicted octanol–water partition coefficient (Wildman–Crippen LogP) is -2.10. The number of aliphatic hydroxyl groups excluding tert-OH is 1. The number of carboxylic acids is 1. The van der Waals surface area contributed by atoms with E-state index in [0.29, 0.717) is 5.56 Å². The van der Waals surface area contributed by atoms with Crippen molar-refractivity contribution in [3.63, 3.8) is 0 Å². The molecule has 0 heterocycles. The minimum absolute atomic E-state index is 0.0319. The highest BCUT2D eigenvalue weighted by atomic mass is 16.4. The van der Waals surface area contributed by atoms with E-state index >= 15 is 0 Å². The van der Waals surface area contributed by atoms with E-state index in [2.05, 4.69) is 5.32 Å². The number of carboxylic acid groups (broad SMARTS) is 1. The number of amides is 2. The molecule has 0 saturated carbocycles. The number of rotatable bonds is 7. The molecule has 0 spiro atoms. The van der Waals surface area contributed by atoms with Gasteiger partial charge in [-0.25, -0.2) is 4.79 Å². The van der Waals surface area contributed by atoms with Crippen LogP contribution >= 0.6 is 0 Å². The van der Waals surface area contributed by atoms with Crippen LogP contribution in [0.1, 0.15) is 5.56 Å². The van der Waals surface area contributed by atoms with Gasteiger partial charge in [0.25, 0.3) is 0 Å². The standard InChI is InChI=1S/C13H17N3O6/c14-6-10(18)15-9(11(19)16-12(20)13(21)22)5-7-1-3-8(17)4-2-7/h1-4,9,12,17,20H,5-6,14H2,(H,15,18)(H,16,19)(H,21,22)/t9-,12?/m0/s1. The summed E-state index contributed by atoms with van der Waals surface area (Å²) in [5, 5.41) is 31.1. The molecule has 0 aromatic heterocycles. The highest BCUT2D eigenvalue weighted by molar-refractivity contribution is 5.90. The molecule has 1 rings (SSSR count). The number of carbonyl (C=O) groups is 3. The summed E-state index contributed by atoms with van der Waals surface area (Å²) in [6, 6.07) is 4.77. The molecule has 9 heteroatoms. The number of benzene rings is 1. The van der Waals surface area contributed by atoms with Crippen LogP contribution in [0.25, 0.3) is 0 Å². The Morgan fingerprint density at radius 1 is 1.14 bits per heavy atom. The van der Waals surface area contributed by atoms with Gasteiger partial charge in [0.2, 0.25) is 18.0 Å². The fourth-order valence-electron chi connectivity index (χ4n) is 1.63. The van der Waals surface area contributed by atoms with Crippen molar-refractivity contribution in [1.82, 2.24) is 10.6 Å². The van der Waals surface area contributed by atoms with Crippen LogP contribution in [0.3, 0.4) is 0 Å². The second-order valence-electron chi connectivity index (χ2n) is 4.44. The largest absolute Gasteiger partial charge is 0.508 e. The van der Waals surface area contributed by atoms with Crippen molar-refractivity contribution in [3.05, 3.63) is 29.8 Å². The van der Waals surface area contributed by atoms with Gasteiger partial charge in [-0.15, -0.1) is 0 Å². The highest BCUT2D eigenvalue weighted by Crippen LogP contribution is 2.11. The van der Waals surface area contributed by atoms with Gasteiger partial charge in [0.1, 0.15) is 11.8 Å². The van der Waals surface area contributed by atoms with Crippen molar-refractivity contribution in [3.8, 4) is 5.75 Å². The first-order valence-electron chi connectivity index (χ1n) is 6.32. The normalized spacial score (nSPS) is 13.0. The Balaban J connectivity index is 2.82. The fraction of sp³-hybridized carbons (Fsp3) is 0.308. The molecule has 9 nitrogen and oxygen atoms in total. The number of aliphatic hydroxyl groups is 1. The maximum Gasteiger partial charge on any atom is 0.353 e. The Bertz CT molecular complexity index is 545.